The van der Waals surface area contributed by atoms with Crippen LogP contribution in [0, 0.1) is 6.92 Å². The summed E-state index contributed by atoms with van der Waals surface area (Å²) < 4.78 is 12.3. The van der Waals surface area contributed by atoms with E-state index in [0.29, 0.717) is 13.0 Å². The van der Waals surface area contributed by atoms with Gasteiger partial charge in [-0.05, 0) is 74.1 Å². The standard InChI is InChI=1S/C31H40O4/c1-7-9-10-11-22(3)25(6)29-21-26(8-2)12-16-30(29)35-24(5)18-19-34-28-15-13-27(23(4)20-28)14-17-31(32)33/h7,9-13,15-16,20-21,24-25H,3,8,14,17-19H2,1-2,4-6H3,(H,32,33)/b9-7-,11-10-. The molecule has 1 N–H and O–H groups in total. The van der Waals surface area contributed by atoms with Crippen molar-refractivity contribution in [3.63, 3.8) is 0 Å². The van der Waals surface area contributed by atoms with Crippen molar-refractivity contribution in [2.24, 2.45) is 0 Å². The van der Waals surface area contributed by atoms with E-state index >= 15 is 0 Å². The Balaban J connectivity index is 2.00. The third kappa shape index (κ3) is 9.12. The second-order valence-electron chi connectivity index (χ2n) is 8.95. The molecule has 0 heterocycles. The van der Waals surface area contributed by atoms with Crippen LogP contribution in [0.25, 0.3) is 0 Å². The molecule has 4 heteroatoms. The highest BCUT2D eigenvalue weighted by Gasteiger charge is 2.16. The fourth-order valence-corrected chi connectivity index (χ4v) is 3.80. The first-order valence-electron chi connectivity index (χ1n) is 12.5. The zero-order valence-corrected chi connectivity index (χ0v) is 21.8. The maximum Gasteiger partial charge on any atom is 0.303 e. The van der Waals surface area contributed by atoms with E-state index in [9.17, 15) is 4.79 Å². The van der Waals surface area contributed by atoms with Gasteiger partial charge in [-0.15, -0.1) is 0 Å². The summed E-state index contributed by atoms with van der Waals surface area (Å²) in [5.74, 6) is 1.04. The quantitative estimate of drug-likeness (QED) is 0.285. The molecule has 0 aromatic heterocycles. The number of rotatable bonds is 14. The molecule has 0 aliphatic heterocycles. The lowest BCUT2D eigenvalue weighted by Gasteiger charge is -2.22. The number of aliphatic carboxylic acids is 1. The van der Waals surface area contributed by atoms with Crippen LogP contribution in [0.5, 0.6) is 11.5 Å². The van der Waals surface area contributed by atoms with Crippen molar-refractivity contribution in [2.45, 2.75) is 72.3 Å². The second-order valence-corrected chi connectivity index (χ2v) is 8.95. The third-order valence-corrected chi connectivity index (χ3v) is 6.16. The van der Waals surface area contributed by atoms with Gasteiger partial charge in [-0.3, -0.25) is 4.79 Å². The summed E-state index contributed by atoms with van der Waals surface area (Å²) in [4.78, 5) is 10.8. The highest BCUT2D eigenvalue weighted by atomic mass is 16.5. The lowest BCUT2D eigenvalue weighted by atomic mass is 9.91. The minimum Gasteiger partial charge on any atom is -0.493 e. The molecule has 2 unspecified atom stereocenters. The van der Waals surface area contributed by atoms with E-state index in [0.717, 1.165) is 46.6 Å². The van der Waals surface area contributed by atoms with E-state index in [4.69, 9.17) is 14.6 Å². The van der Waals surface area contributed by atoms with Crippen LogP contribution in [0.2, 0.25) is 0 Å². The zero-order valence-electron chi connectivity index (χ0n) is 21.8. The van der Waals surface area contributed by atoms with Crippen molar-refractivity contribution in [2.75, 3.05) is 6.61 Å². The largest absolute Gasteiger partial charge is 0.493 e. The van der Waals surface area contributed by atoms with Crippen molar-refractivity contribution >= 4 is 5.97 Å². The van der Waals surface area contributed by atoms with Crippen LogP contribution >= 0.6 is 0 Å². The number of carboxylic acid groups (broad SMARTS) is 1. The van der Waals surface area contributed by atoms with Gasteiger partial charge in [-0.1, -0.05) is 62.9 Å². The Kier molecular flexibility index (Phi) is 11.4. The molecular weight excluding hydrogens is 436 g/mol. The van der Waals surface area contributed by atoms with Crippen molar-refractivity contribution in [3.8, 4) is 11.5 Å². The van der Waals surface area contributed by atoms with Crippen LogP contribution in [0.3, 0.4) is 0 Å². The molecule has 35 heavy (non-hydrogen) atoms. The van der Waals surface area contributed by atoms with Gasteiger partial charge in [0, 0.05) is 24.3 Å². The zero-order chi connectivity index (χ0) is 25.8. The minimum atomic E-state index is -0.782. The Labute approximate surface area is 211 Å². The molecule has 0 fully saturated rings. The van der Waals surface area contributed by atoms with Gasteiger partial charge in [0.1, 0.15) is 11.5 Å². The highest BCUT2D eigenvalue weighted by Crippen LogP contribution is 2.33. The smallest absolute Gasteiger partial charge is 0.303 e. The average molecular weight is 477 g/mol. The van der Waals surface area contributed by atoms with Crippen LogP contribution < -0.4 is 9.47 Å². The maximum absolute atomic E-state index is 10.8. The van der Waals surface area contributed by atoms with E-state index in [1.54, 1.807) is 0 Å². The molecule has 0 aliphatic carbocycles. The molecule has 2 aromatic carbocycles. The fraction of sp³-hybridized carbons (Fsp3) is 0.387. The normalized spacial score (nSPS) is 13.2. The molecule has 0 spiro atoms. The van der Waals surface area contributed by atoms with Gasteiger partial charge in [0.2, 0.25) is 0 Å². The second kappa shape index (κ2) is 14.2. The summed E-state index contributed by atoms with van der Waals surface area (Å²) in [5, 5.41) is 8.89. The first-order chi connectivity index (χ1) is 16.7. The summed E-state index contributed by atoms with van der Waals surface area (Å²) in [6.07, 6.45) is 10.4. The van der Waals surface area contributed by atoms with Gasteiger partial charge in [-0.25, -0.2) is 0 Å². The van der Waals surface area contributed by atoms with E-state index in [1.807, 2.05) is 50.3 Å². The number of hydrogen-bond acceptors (Lipinski definition) is 3. The molecule has 0 amide bonds. The summed E-state index contributed by atoms with van der Waals surface area (Å²) in [5.41, 5.74) is 5.56. The van der Waals surface area contributed by atoms with E-state index < -0.39 is 5.97 Å². The Morgan fingerprint density at radius 3 is 2.57 bits per heavy atom. The number of hydrogen-bond donors (Lipinski definition) is 1. The Bertz CT molecular complexity index is 1050. The van der Waals surface area contributed by atoms with Crippen molar-refractivity contribution < 1.29 is 19.4 Å². The summed E-state index contributed by atoms with van der Waals surface area (Å²) >= 11 is 0. The lowest BCUT2D eigenvalue weighted by Crippen LogP contribution is -2.17. The molecule has 2 aromatic rings. The molecule has 0 aliphatic rings. The monoisotopic (exact) mass is 476 g/mol. The number of carbonyl (C=O) groups is 1. The first-order valence-corrected chi connectivity index (χ1v) is 12.5. The number of benzene rings is 2. The van der Waals surface area contributed by atoms with Crippen molar-refractivity contribution in [1.82, 2.24) is 0 Å². The number of carboxylic acids is 1. The van der Waals surface area contributed by atoms with Gasteiger partial charge in [0.05, 0.1) is 12.7 Å². The molecule has 2 rings (SSSR count). The van der Waals surface area contributed by atoms with Gasteiger partial charge in [0.25, 0.3) is 0 Å². The Morgan fingerprint density at radius 1 is 1.14 bits per heavy atom. The molecule has 2 atom stereocenters. The molecule has 0 bridgehead atoms. The maximum atomic E-state index is 10.8. The average Bonchev–Trinajstić information content (AvgIpc) is 2.83. The third-order valence-electron chi connectivity index (χ3n) is 6.16. The first kappa shape index (κ1) is 28.0. The molecule has 0 saturated heterocycles. The lowest BCUT2D eigenvalue weighted by molar-refractivity contribution is -0.136. The molecule has 4 nitrogen and oxygen atoms in total. The van der Waals surface area contributed by atoms with Crippen molar-refractivity contribution in [1.29, 1.82) is 0 Å². The fourth-order valence-electron chi connectivity index (χ4n) is 3.80. The summed E-state index contributed by atoms with van der Waals surface area (Å²) in [6.45, 7) is 15.2. The number of aryl methyl sites for hydroxylation is 3. The molecular formula is C31H40O4. The van der Waals surface area contributed by atoms with E-state index in [1.165, 1.54) is 5.56 Å². The predicted octanol–water partition coefficient (Wildman–Crippen LogP) is 7.60. The molecule has 188 valence electrons. The molecule has 0 saturated carbocycles. The number of ether oxygens (including phenoxy) is 2. The SMILES string of the molecule is C=C(/C=C\C=C/C)C(C)c1cc(CC)ccc1OC(C)CCOc1ccc(CCC(=O)O)c(C)c1. The van der Waals surface area contributed by atoms with Gasteiger partial charge in [0.15, 0.2) is 0 Å². The van der Waals surface area contributed by atoms with E-state index in [-0.39, 0.29) is 18.4 Å². The summed E-state index contributed by atoms with van der Waals surface area (Å²) in [6, 6.07) is 12.3. The topological polar surface area (TPSA) is 55.8 Å². The van der Waals surface area contributed by atoms with Gasteiger partial charge >= 0.3 is 5.97 Å². The Morgan fingerprint density at radius 2 is 1.91 bits per heavy atom. The van der Waals surface area contributed by atoms with E-state index in [2.05, 4.69) is 51.6 Å². The van der Waals surface area contributed by atoms with Crippen LogP contribution in [0.4, 0.5) is 0 Å². The highest BCUT2D eigenvalue weighted by molar-refractivity contribution is 5.67. The van der Waals surface area contributed by atoms with Crippen LogP contribution in [0.1, 0.15) is 68.7 Å². The van der Waals surface area contributed by atoms with Gasteiger partial charge < -0.3 is 14.6 Å². The summed E-state index contributed by atoms with van der Waals surface area (Å²) in [7, 11) is 0. The van der Waals surface area contributed by atoms with Crippen LogP contribution in [-0.2, 0) is 17.6 Å². The van der Waals surface area contributed by atoms with Crippen LogP contribution in [-0.4, -0.2) is 23.8 Å². The molecule has 0 radical (unpaired) electrons. The number of allylic oxidation sites excluding steroid dienone is 5. The predicted molar refractivity (Wildman–Crippen MR) is 145 cm³/mol. The minimum absolute atomic E-state index is 0.0174. The van der Waals surface area contributed by atoms with Crippen LogP contribution in [0.15, 0.2) is 72.9 Å². The van der Waals surface area contributed by atoms with Gasteiger partial charge in [-0.2, -0.15) is 0 Å². The van der Waals surface area contributed by atoms with Crippen molar-refractivity contribution in [3.05, 3.63) is 95.1 Å². The Hall–Kier alpha value is -3.27.